The van der Waals surface area contributed by atoms with E-state index >= 15 is 0 Å². The van der Waals surface area contributed by atoms with E-state index in [1.165, 1.54) is 19.3 Å². The van der Waals surface area contributed by atoms with Crippen LogP contribution in [0.1, 0.15) is 31.7 Å². The summed E-state index contributed by atoms with van der Waals surface area (Å²) in [5.41, 5.74) is 1.07. The van der Waals surface area contributed by atoms with Crippen LogP contribution in [0.3, 0.4) is 0 Å². The van der Waals surface area contributed by atoms with Crippen LogP contribution in [-0.4, -0.2) is 18.6 Å². The Morgan fingerprint density at radius 2 is 2.13 bits per heavy atom. The first-order valence-electron chi connectivity index (χ1n) is 5.50. The van der Waals surface area contributed by atoms with Crippen LogP contribution >= 0.6 is 11.6 Å². The zero-order valence-corrected chi connectivity index (χ0v) is 10.3. The first-order valence-corrected chi connectivity index (χ1v) is 6.03. The summed E-state index contributed by atoms with van der Waals surface area (Å²) < 4.78 is 0. The molecule has 0 saturated carbocycles. The SMILES string of the molecule is CCCCCN(C)c1ccc(CCl)cn1. The van der Waals surface area contributed by atoms with Crippen LogP contribution in [0, 0.1) is 0 Å². The normalized spacial score (nSPS) is 10.3. The first-order chi connectivity index (χ1) is 7.27. The second-order valence-electron chi connectivity index (χ2n) is 3.79. The van der Waals surface area contributed by atoms with E-state index in [1.807, 2.05) is 18.3 Å². The molecule has 0 amide bonds. The second kappa shape index (κ2) is 6.67. The molecule has 0 N–H and O–H groups in total. The van der Waals surface area contributed by atoms with Gasteiger partial charge in [0.1, 0.15) is 5.82 Å². The molecule has 0 spiro atoms. The average molecular weight is 227 g/mol. The summed E-state index contributed by atoms with van der Waals surface area (Å²) in [6, 6.07) is 4.06. The minimum Gasteiger partial charge on any atom is -0.360 e. The summed E-state index contributed by atoms with van der Waals surface area (Å²) in [6.45, 7) is 3.29. The van der Waals surface area contributed by atoms with Crippen molar-refractivity contribution in [2.24, 2.45) is 0 Å². The number of pyridine rings is 1. The van der Waals surface area contributed by atoms with Gasteiger partial charge in [-0.3, -0.25) is 0 Å². The highest BCUT2D eigenvalue weighted by atomic mass is 35.5. The molecule has 0 atom stereocenters. The van der Waals surface area contributed by atoms with Crippen LogP contribution in [-0.2, 0) is 5.88 Å². The summed E-state index contributed by atoms with van der Waals surface area (Å²) in [5.74, 6) is 1.56. The smallest absolute Gasteiger partial charge is 0.128 e. The maximum atomic E-state index is 5.71. The number of nitrogens with zero attached hydrogens (tertiary/aromatic N) is 2. The zero-order chi connectivity index (χ0) is 11.1. The minimum absolute atomic E-state index is 0.535. The predicted molar refractivity (Wildman–Crippen MR) is 66.6 cm³/mol. The second-order valence-corrected chi connectivity index (χ2v) is 4.05. The Bertz CT molecular complexity index is 271. The molecule has 0 aliphatic heterocycles. The molecule has 2 nitrogen and oxygen atoms in total. The number of unbranched alkanes of at least 4 members (excludes halogenated alkanes) is 2. The number of rotatable bonds is 6. The Kier molecular flexibility index (Phi) is 5.48. The van der Waals surface area contributed by atoms with Crippen molar-refractivity contribution in [1.29, 1.82) is 0 Å². The van der Waals surface area contributed by atoms with Gasteiger partial charge in [0.25, 0.3) is 0 Å². The zero-order valence-electron chi connectivity index (χ0n) is 9.54. The monoisotopic (exact) mass is 226 g/mol. The number of hydrogen-bond donors (Lipinski definition) is 0. The largest absolute Gasteiger partial charge is 0.360 e. The minimum atomic E-state index is 0.535. The van der Waals surface area contributed by atoms with Gasteiger partial charge in [0.05, 0.1) is 0 Å². The van der Waals surface area contributed by atoms with Crippen molar-refractivity contribution < 1.29 is 0 Å². The number of anilines is 1. The maximum absolute atomic E-state index is 5.71. The highest BCUT2D eigenvalue weighted by Crippen LogP contribution is 2.11. The van der Waals surface area contributed by atoms with Crippen molar-refractivity contribution in [2.75, 3.05) is 18.5 Å². The Labute approximate surface area is 97.3 Å². The van der Waals surface area contributed by atoms with Crippen LogP contribution in [0.2, 0.25) is 0 Å². The number of halogens is 1. The van der Waals surface area contributed by atoms with E-state index < -0.39 is 0 Å². The maximum Gasteiger partial charge on any atom is 0.128 e. The molecule has 1 heterocycles. The van der Waals surface area contributed by atoms with E-state index in [-0.39, 0.29) is 0 Å². The molecule has 0 unspecified atom stereocenters. The van der Waals surface area contributed by atoms with E-state index in [2.05, 4.69) is 23.9 Å². The van der Waals surface area contributed by atoms with Crippen LogP contribution in [0.5, 0.6) is 0 Å². The van der Waals surface area contributed by atoms with Gasteiger partial charge in [-0.25, -0.2) is 4.98 Å². The molecule has 0 aromatic carbocycles. The van der Waals surface area contributed by atoms with Gasteiger partial charge < -0.3 is 4.90 Å². The molecule has 1 aromatic rings. The molecular weight excluding hydrogens is 208 g/mol. The predicted octanol–water partition coefficient (Wildman–Crippen LogP) is 3.45. The molecule has 84 valence electrons. The number of hydrogen-bond acceptors (Lipinski definition) is 2. The third-order valence-corrected chi connectivity index (χ3v) is 2.76. The van der Waals surface area contributed by atoms with Crippen molar-refractivity contribution in [3.63, 3.8) is 0 Å². The molecule has 1 rings (SSSR count). The summed E-state index contributed by atoms with van der Waals surface area (Å²) >= 11 is 5.71. The van der Waals surface area contributed by atoms with E-state index in [9.17, 15) is 0 Å². The Hall–Kier alpha value is -0.760. The first kappa shape index (κ1) is 12.3. The average Bonchev–Trinajstić information content (AvgIpc) is 2.29. The molecule has 0 radical (unpaired) electrons. The van der Waals surface area contributed by atoms with E-state index in [4.69, 9.17) is 11.6 Å². The standard InChI is InChI=1S/C12H19ClN2/c1-3-4-5-8-15(2)12-7-6-11(9-13)10-14-12/h6-7,10H,3-5,8-9H2,1-2H3. The van der Waals surface area contributed by atoms with Gasteiger partial charge >= 0.3 is 0 Å². The Balaban J connectivity index is 2.46. The highest BCUT2D eigenvalue weighted by Gasteiger charge is 2.01. The van der Waals surface area contributed by atoms with Crippen LogP contribution < -0.4 is 4.90 Å². The molecule has 0 aliphatic carbocycles. The lowest BCUT2D eigenvalue weighted by Gasteiger charge is -2.17. The van der Waals surface area contributed by atoms with E-state index in [1.54, 1.807) is 0 Å². The van der Waals surface area contributed by atoms with Gasteiger partial charge in [0, 0.05) is 25.7 Å². The van der Waals surface area contributed by atoms with Gasteiger partial charge in [-0.1, -0.05) is 25.8 Å². The Morgan fingerprint density at radius 1 is 1.33 bits per heavy atom. The van der Waals surface area contributed by atoms with Crippen LogP contribution in [0.25, 0.3) is 0 Å². The molecule has 15 heavy (non-hydrogen) atoms. The summed E-state index contributed by atoms with van der Waals surface area (Å²) in [6.07, 6.45) is 5.61. The molecule has 0 fully saturated rings. The van der Waals surface area contributed by atoms with Crippen molar-refractivity contribution in [3.8, 4) is 0 Å². The van der Waals surface area contributed by atoms with Crippen molar-refractivity contribution >= 4 is 17.4 Å². The van der Waals surface area contributed by atoms with Gasteiger partial charge in [0.15, 0.2) is 0 Å². The molecule has 0 aliphatic rings. The van der Waals surface area contributed by atoms with Gasteiger partial charge in [-0.15, -0.1) is 11.6 Å². The molecule has 0 saturated heterocycles. The fourth-order valence-electron chi connectivity index (χ4n) is 1.44. The lowest BCUT2D eigenvalue weighted by Crippen LogP contribution is -2.19. The number of alkyl halides is 1. The third-order valence-electron chi connectivity index (χ3n) is 2.45. The summed E-state index contributed by atoms with van der Waals surface area (Å²) in [4.78, 5) is 6.56. The third kappa shape index (κ3) is 4.08. The summed E-state index contributed by atoms with van der Waals surface area (Å²) in [7, 11) is 2.08. The number of aromatic nitrogens is 1. The molecule has 0 bridgehead atoms. The molecule has 3 heteroatoms. The van der Waals surface area contributed by atoms with Gasteiger partial charge in [-0.05, 0) is 18.1 Å². The van der Waals surface area contributed by atoms with Crippen molar-refractivity contribution in [2.45, 2.75) is 32.1 Å². The van der Waals surface area contributed by atoms with Gasteiger partial charge in [0.2, 0.25) is 0 Å². The summed E-state index contributed by atoms with van der Waals surface area (Å²) in [5, 5.41) is 0. The van der Waals surface area contributed by atoms with Crippen LogP contribution in [0.15, 0.2) is 18.3 Å². The topological polar surface area (TPSA) is 16.1 Å². The lowest BCUT2D eigenvalue weighted by atomic mass is 10.2. The molecule has 1 aromatic heterocycles. The highest BCUT2D eigenvalue weighted by molar-refractivity contribution is 6.17. The van der Waals surface area contributed by atoms with E-state index in [0.717, 1.165) is 17.9 Å². The molecular formula is C12H19ClN2. The quantitative estimate of drug-likeness (QED) is 0.546. The van der Waals surface area contributed by atoms with Crippen molar-refractivity contribution in [1.82, 2.24) is 4.98 Å². The van der Waals surface area contributed by atoms with Crippen LogP contribution in [0.4, 0.5) is 5.82 Å². The van der Waals surface area contributed by atoms with Crippen molar-refractivity contribution in [3.05, 3.63) is 23.9 Å². The fraction of sp³-hybridized carbons (Fsp3) is 0.583. The Morgan fingerprint density at radius 3 is 2.67 bits per heavy atom. The fourth-order valence-corrected chi connectivity index (χ4v) is 1.59. The van der Waals surface area contributed by atoms with E-state index in [0.29, 0.717) is 5.88 Å². The lowest BCUT2D eigenvalue weighted by molar-refractivity contribution is 0.701. The van der Waals surface area contributed by atoms with Gasteiger partial charge in [-0.2, -0.15) is 0 Å².